The number of aliphatic carboxylic acids is 1. The lowest BCUT2D eigenvalue weighted by molar-refractivity contribution is -0.142. The van der Waals surface area contributed by atoms with Crippen molar-refractivity contribution in [2.24, 2.45) is 11.8 Å². The standard InChI is InChI=1S/C14H26N2O3/c1-3-5-9-16(4-2)14(19)15-10-11-7-6-8-12(11)13(17)18/h11-12H,3-10H2,1-2H3,(H,15,19)(H,17,18). The van der Waals surface area contributed by atoms with Gasteiger partial charge in [-0.25, -0.2) is 4.79 Å². The summed E-state index contributed by atoms with van der Waals surface area (Å²) in [5.41, 5.74) is 0. The zero-order chi connectivity index (χ0) is 14.3. The van der Waals surface area contributed by atoms with Crippen LogP contribution in [0.1, 0.15) is 46.0 Å². The van der Waals surface area contributed by atoms with Gasteiger partial charge in [0.1, 0.15) is 0 Å². The van der Waals surface area contributed by atoms with E-state index < -0.39 is 5.97 Å². The summed E-state index contributed by atoms with van der Waals surface area (Å²) in [4.78, 5) is 24.8. The number of carboxylic acids is 1. The molecule has 0 heterocycles. The molecule has 2 atom stereocenters. The minimum Gasteiger partial charge on any atom is -0.481 e. The van der Waals surface area contributed by atoms with E-state index in [0.717, 1.165) is 38.6 Å². The maximum absolute atomic E-state index is 12.0. The molecule has 0 aromatic carbocycles. The number of nitrogens with one attached hydrogen (secondary N) is 1. The van der Waals surface area contributed by atoms with E-state index in [1.54, 1.807) is 4.90 Å². The van der Waals surface area contributed by atoms with Crippen LogP contribution in [0.3, 0.4) is 0 Å². The van der Waals surface area contributed by atoms with E-state index in [0.29, 0.717) is 13.1 Å². The molecule has 0 aliphatic heterocycles. The fraction of sp³-hybridized carbons (Fsp3) is 0.857. The van der Waals surface area contributed by atoms with Gasteiger partial charge < -0.3 is 15.3 Å². The van der Waals surface area contributed by atoms with Crippen LogP contribution in [0.4, 0.5) is 4.79 Å². The van der Waals surface area contributed by atoms with Gasteiger partial charge in [-0.2, -0.15) is 0 Å². The van der Waals surface area contributed by atoms with E-state index >= 15 is 0 Å². The van der Waals surface area contributed by atoms with E-state index in [4.69, 9.17) is 5.11 Å². The second-order valence-electron chi connectivity index (χ2n) is 5.25. The molecule has 1 saturated carbocycles. The maximum atomic E-state index is 12.0. The Morgan fingerprint density at radius 1 is 1.32 bits per heavy atom. The fourth-order valence-electron chi connectivity index (χ4n) is 2.69. The molecule has 1 rings (SSSR count). The van der Waals surface area contributed by atoms with Crippen molar-refractivity contribution in [3.8, 4) is 0 Å². The molecule has 0 radical (unpaired) electrons. The molecule has 5 heteroatoms. The third kappa shape index (κ3) is 4.73. The number of hydrogen-bond donors (Lipinski definition) is 2. The van der Waals surface area contributed by atoms with E-state index in [2.05, 4.69) is 12.2 Å². The van der Waals surface area contributed by atoms with E-state index in [1.807, 2.05) is 6.92 Å². The first-order chi connectivity index (χ1) is 9.10. The normalized spacial score (nSPS) is 22.2. The van der Waals surface area contributed by atoms with Crippen LogP contribution in [0.25, 0.3) is 0 Å². The zero-order valence-electron chi connectivity index (χ0n) is 12.0. The number of carbonyl (C=O) groups excluding carboxylic acids is 1. The van der Waals surface area contributed by atoms with Crippen LogP contribution in [0.15, 0.2) is 0 Å². The van der Waals surface area contributed by atoms with Gasteiger partial charge in [0.2, 0.25) is 0 Å². The predicted molar refractivity (Wildman–Crippen MR) is 74.0 cm³/mol. The molecule has 1 fully saturated rings. The minimum absolute atomic E-state index is 0.0630. The Morgan fingerprint density at radius 3 is 2.63 bits per heavy atom. The first kappa shape index (κ1) is 15.8. The highest BCUT2D eigenvalue weighted by Crippen LogP contribution is 2.31. The molecule has 0 aromatic heterocycles. The molecule has 0 bridgehead atoms. The SMILES string of the molecule is CCCCN(CC)C(=O)NCC1CCCC1C(=O)O. The van der Waals surface area contributed by atoms with Gasteiger partial charge in [0.25, 0.3) is 0 Å². The highest BCUT2D eigenvalue weighted by Gasteiger charge is 2.33. The van der Waals surface area contributed by atoms with Crippen LogP contribution < -0.4 is 5.32 Å². The lowest BCUT2D eigenvalue weighted by Gasteiger charge is -2.23. The Hall–Kier alpha value is -1.26. The number of carbonyl (C=O) groups is 2. The van der Waals surface area contributed by atoms with Gasteiger partial charge in [0.15, 0.2) is 0 Å². The van der Waals surface area contributed by atoms with Gasteiger partial charge >= 0.3 is 12.0 Å². The Balaban J connectivity index is 2.38. The third-order valence-electron chi connectivity index (χ3n) is 3.94. The lowest BCUT2D eigenvalue weighted by Crippen LogP contribution is -2.43. The Kier molecular flexibility index (Phi) is 6.67. The molecule has 5 nitrogen and oxygen atoms in total. The summed E-state index contributed by atoms with van der Waals surface area (Å²) in [5, 5.41) is 12.0. The van der Waals surface area contributed by atoms with Crippen molar-refractivity contribution in [3.63, 3.8) is 0 Å². The van der Waals surface area contributed by atoms with Crippen molar-refractivity contribution in [1.82, 2.24) is 10.2 Å². The summed E-state index contributed by atoms with van der Waals surface area (Å²) < 4.78 is 0. The summed E-state index contributed by atoms with van der Waals surface area (Å²) in [6.45, 7) is 6.01. The average Bonchev–Trinajstić information content (AvgIpc) is 2.85. The van der Waals surface area contributed by atoms with Crippen molar-refractivity contribution >= 4 is 12.0 Å². The van der Waals surface area contributed by atoms with Gasteiger partial charge in [-0.15, -0.1) is 0 Å². The smallest absolute Gasteiger partial charge is 0.317 e. The second-order valence-corrected chi connectivity index (χ2v) is 5.25. The summed E-state index contributed by atoms with van der Waals surface area (Å²) in [6.07, 6.45) is 4.66. The molecule has 0 spiro atoms. The lowest BCUT2D eigenvalue weighted by atomic mass is 9.96. The maximum Gasteiger partial charge on any atom is 0.317 e. The number of carboxylic acid groups (broad SMARTS) is 1. The van der Waals surface area contributed by atoms with E-state index in [9.17, 15) is 9.59 Å². The third-order valence-corrected chi connectivity index (χ3v) is 3.94. The van der Waals surface area contributed by atoms with Gasteiger partial charge in [-0.3, -0.25) is 4.79 Å². The van der Waals surface area contributed by atoms with Crippen LogP contribution in [0.2, 0.25) is 0 Å². The van der Waals surface area contributed by atoms with Crippen LogP contribution >= 0.6 is 0 Å². The molecular formula is C14H26N2O3. The molecule has 2 amide bonds. The summed E-state index contributed by atoms with van der Waals surface area (Å²) in [7, 11) is 0. The fourth-order valence-corrected chi connectivity index (χ4v) is 2.69. The first-order valence-electron chi connectivity index (χ1n) is 7.35. The summed E-state index contributed by atoms with van der Waals surface area (Å²) in [5.74, 6) is -0.924. The predicted octanol–water partition coefficient (Wildman–Crippen LogP) is 2.32. The molecule has 1 aliphatic carbocycles. The molecule has 2 N–H and O–H groups in total. The highest BCUT2D eigenvalue weighted by atomic mass is 16.4. The Morgan fingerprint density at radius 2 is 2.05 bits per heavy atom. The number of rotatable bonds is 7. The van der Waals surface area contributed by atoms with Crippen molar-refractivity contribution in [3.05, 3.63) is 0 Å². The number of unbranched alkanes of at least 4 members (excludes halogenated alkanes) is 1. The van der Waals surface area contributed by atoms with Crippen LogP contribution in [-0.2, 0) is 4.79 Å². The van der Waals surface area contributed by atoms with Crippen LogP contribution in [-0.4, -0.2) is 41.6 Å². The van der Waals surface area contributed by atoms with Gasteiger partial charge in [0.05, 0.1) is 5.92 Å². The van der Waals surface area contributed by atoms with Crippen molar-refractivity contribution in [2.75, 3.05) is 19.6 Å². The van der Waals surface area contributed by atoms with Crippen molar-refractivity contribution < 1.29 is 14.7 Å². The molecule has 1 aliphatic rings. The second kappa shape index (κ2) is 8.02. The largest absolute Gasteiger partial charge is 0.481 e. The number of nitrogens with zero attached hydrogens (tertiary/aromatic N) is 1. The monoisotopic (exact) mass is 270 g/mol. The quantitative estimate of drug-likeness (QED) is 0.746. The first-order valence-corrected chi connectivity index (χ1v) is 7.35. The molecule has 0 saturated heterocycles. The van der Waals surface area contributed by atoms with Gasteiger partial charge in [-0.05, 0) is 32.1 Å². The average molecular weight is 270 g/mol. The number of hydrogen-bond acceptors (Lipinski definition) is 2. The molecule has 0 aromatic rings. The molecular weight excluding hydrogens is 244 g/mol. The van der Waals surface area contributed by atoms with Gasteiger partial charge in [0, 0.05) is 19.6 Å². The summed E-state index contributed by atoms with van der Waals surface area (Å²) in [6, 6.07) is -0.0630. The van der Waals surface area contributed by atoms with Gasteiger partial charge in [-0.1, -0.05) is 19.8 Å². The Labute approximate surface area is 115 Å². The topological polar surface area (TPSA) is 69.6 Å². The van der Waals surface area contributed by atoms with Crippen molar-refractivity contribution in [2.45, 2.75) is 46.0 Å². The van der Waals surface area contributed by atoms with Crippen molar-refractivity contribution in [1.29, 1.82) is 0 Å². The number of amides is 2. The molecule has 19 heavy (non-hydrogen) atoms. The van der Waals surface area contributed by atoms with E-state index in [-0.39, 0.29) is 17.9 Å². The highest BCUT2D eigenvalue weighted by molar-refractivity contribution is 5.74. The summed E-state index contributed by atoms with van der Waals surface area (Å²) >= 11 is 0. The van der Waals surface area contributed by atoms with Crippen LogP contribution in [0, 0.1) is 11.8 Å². The Bertz CT molecular complexity index is 307. The molecule has 2 unspecified atom stereocenters. The van der Waals surface area contributed by atoms with E-state index in [1.165, 1.54) is 0 Å². The van der Waals surface area contributed by atoms with Crippen LogP contribution in [0.5, 0.6) is 0 Å². The zero-order valence-corrected chi connectivity index (χ0v) is 12.0. The molecule has 110 valence electrons. The number of urea groups is 1. The minimum atomic E-state index is -0.727.